The van der Waals surface area contributed by atoms with Crippen LogP contribution in [0.4, 0.5) is 4.39 Å². The fraction of sp³-hybridized carbons (Fsp3) is 0.222. The summed E-state index contributed by atoms with van der Waals surface area (Å²) >= 11 is 0. The molecule has 0 bridgehead atoms. The Morgan fingerprint density at radius 2 is 1.91 bits per heavy atom. The summed E-state index contributed by atoms with van der Waals surface area (Å²) in [4.78, 5) is 25.1. The predicted octanol–water partition coefficient (Wildman–Crippen LogP) is 4.43. The molecule has 176 valence electrons. The second-order valence-corrected chi connectivity index (χ2v) is 7.92. The van der Waals surface area contributed by atoms with Gasteiger partial charge in [-0.2, -0.15) is 9.78 Å². The van der Waals surface area contributed by atoms with Crippen molar-refractivity contribution in [2.75, 3.05) is 13.6 Å². The lowest BCUT2D eigenvalue weighted by atomic mass is 9.97. The molecule has 3 rings (SSSR count). The van der Waals surface area contributed by atoms with Gasteiger partial charge in [0.05, 0.1) is 6.04 Å². The highest BCUT2D eigenvalue weighted by molar-refractivity contribution is 5.92. The van der Waals surface area contributed by atoms with Crippen LogP contribution in [0.2, 0.25) is 0 Å². The van der Waals surface area contributed by atoms with Gasteiger partial charge in [0.25, 0.3) is 11.5 Å². The highest BCUT2D eigenvalue weighted by Gasteiger charge is 2.16. The van der Waals surface area contributed by atoms with Crippen molar-refractivity contribution < 1.29 is 9.18 Å². The molecule has 6 nitrogen and oxygen atoms in total. The Hall–Kier alpha value is -3.84. The molecular weight excluding hydrogens is 431 g/mol. The Morgan fingerprint density at radius 3 is 2.62 bits per heavy atom. The molecule has 0 spiro atoms. The van der Waals surface area contributed by atoms with E-state index in [1.54, 1.807) is 6.07 Å². The molecule has 2 N–H and O–H groups in total. The van der Waals surface area contributed by atoms with Gasteiger partial charge in [-0.25, -0.2) is 4.39 Å². The summed E-state index contributed by atoms with van der Waals surface area (Å²) in [6.45, 7) is 6.69. The number of aromatic nitrogens is 2. The van der Waals surface area contributed by atoms with E-state index in [2.05, 4.69) is 28.7 Å². The Bertz CT molecular complexity index is 1290. The van der Waals surface area contributed by atoms with Gasteiger partial charge in [0.2, 0.25) is 0 Å². The van der Waals surface area contributed by atoms with Gasteiger partial charge in [-0.3, -0.25) is 9.59 Å². The van der Waals surface area contributed by atoms with Crippen LogP contribution in [-0.2, 0) is 0 Å². The fourth-order valence-corrected chi connectivity index (χ4v) is 3.62. The molecule has 0 radical (unpaired) electrons. The molecule has 0 saturated carbocycles. The third kappa shape index (κ3) is 5.74. The van der Waals surface area contributed by atoms with Crippen molar-refractivity contribution in [2.24, 2.45) is 0 Å². The minimum atomic E-state index is -0.598. The number of hydrogen-bond donors (Lipinski definition) is 2. The van der Waals surface area contributed by atoms with Crippen molar-refractivity contribution >= 4 is 11.5 Å². The summed E-state index contributed by atoms with van der Waals surface area (Å²) in [6.07, 6.45) is 4.09. The second-order valence-electron chi connectivity index (χ2n) is 7.92. The van der Waals surface area contributed by atoms with Crippen LogP contribution in [-0.4, -0.2) is 29.3 Å². The van der Waals surface area contributed by atoms with E-state index in [-0.39, 0.29) is 17.4 Å². The van der Waals surface area contributed by atoms with Crippen molar-refractivity contribution in [3.63, 3.8) is 0 Å². The molecule has 2 aromatic carbocycles. The maximum absolute atomic E-state index is 14.2. The molecule has 7 heteroatoms. The Balaban J connectivity index is 1.85. The molecule has 0 saturated heterocycles. The zero-order chi connectivity index (χ0) is 24.7. The highest BCUT2D eigenvalue weighted by Crippen LogP contribution is 2.23. The number of nitrogens with one attached hydrogen (secondary N) is 2. The standard InChI is InChI=1S/C27H29FN4O2/c1-5-9-22(17-29-4)18(2)20-10-8-11-21(16-20)19(3)30-27(34)24-14-15-26(33)32(31-24)25-13-7-6-12-23(25)28/h5-16,19,29H,17H2,1-4H3,(H,30,34)/b9-5-,22-18-/t19-/m1/s1. The number of hydrogen-bond acceptors (Lipinski definition) is 4. The van der Waals surface area contributed by atoms with Crippen LogP contribution in [0.25, 0.3) is 11.3 Å². The lowest BCUT2D eigenvalue weighted by molar-refractivity contribution is 0.0933. The maximum Gasteiger partial charge on any atom is 0.272 e. The number of para-hydroxylation sites is 1. The summed E-state index contributed by atoms with van der Waals surface area (Å²) < 4.78 is 15.1. The average molecular weight is 461 g/mol. The normalized spacial score (nSPS) is 13.0. The number of carbonyl (C=O) groups is 1. The van der Waals surface area contributed by atoms with Crippen LogP contribution in [0.15, 0.2) is 83.2 Å². The van der Waals surface area contributed by atoms with E-state index in [1.165, 1.54) is 35.9 Å². The zero-order valence-corrected chi connectivity index (χ0v) is 19.8. The highest BCUT2D eigenvalue weighted by atomic mass is 19.1. The second kappa shape index (κ2) is 11.3. The van der Waals surface area contributed by atoms with Gasteiger partial charge in [0.1, 0.15) is 17.2 Å². The summed E-state index contributed by atoms with van der Waals surface area (Å²) in [6, 6.07) is 16.0. The van der Waals surface area contributed by atoms with E-state index in [9.17, 15) is 14.0 Å². The van der Waals surface area contributed by atoms with Crippen LogP contribution in [0.1, 0.15) is 48.4 Å². The number of nitrogens with zero attached hydrogens (tertiary/aromatic N) is 2. The topological polar surface area (TPSA) is 76.0 Å². The molecule has 0 fully saturated rings. The molecule has 0 aliphatic heterocycles. The Kier molecular flexibility index (Phi) is 8.27. The third-order valence-electron chi connectivity index (χ3n) is 5.50. The van der Waals surface area contributed by atoms with Gasteiger partial charge >= 0.3 is 0 Å². The number of carbonyl (C=O) groups excluding carboxylic acids is 1. The van der Waals surface area contributed by atoms with Crippen molar-refractivity contribution in [2.45, 2.75) is 26.8 Å². The van der Waals surface area contributed by atoms with Gasteiger partial charge in [-0.1, -0.05) is 42.5 Å². The van der Waals surface area contributed by atoms with Gasteiger partial charge in [0, 0.05) is 12.6 Å². The van der Waals surface area contributed by atoms with Crippen molar-refractivity contribution in [3.05, 3.63) is 111 Å². The van der Waals surface area contributed by atoms with Gasteiger partial charge in [-0.05, 0) is 74.4 Å². The largest absolute Gasteiger partial charge is 0.344 e. The Labute approximate surface area is 198 Å². The lowest BCUT2D eigenvalue weighted by Gasteiger charge is -2.17. The molecule has 0 aliphatic rings. The van der Waals surface area contributed by atoms with E-state index < -0.39 is 17.3 Å². The van der Waals surface area contributed by atoms with Crippen LogP contribution in [0.3, 0.4) is 0 Å². The van der Waals surface area contributed by atoms with E-state index >= 15 is 0 Å². The minimum Gasteiger partial charge on any atom is -0.344 e. The van der Waals surface area contributed by atoms with E-state index in [0.29, 0.717) is 0 Å². The number of benzene rings is 2. The van der Waals surface area contributed by atoms with E-state index in [1.807, 2.05) is 51.2 Å². The van der Waals surface area contributed by atoms with Crippen molar-refractivity contribution in [1.82, 2.24) is 20.4 Å². The molecule has 0 unspecified atom stereocenters. The smallest absolute Gasteiger partial charge is 0.272 e. The molecule has 0 aliphatic carbocycles. The minimum absolute atomic E-state index is 0.0105. The van der Waals surface area contributed by atoms with Crippen LogP contribution >= 0.6 is 0 Å². The number of likely N-dealkylation sites (N-methyl/N-ethyl adjacent to an activating group) is 1. The predicted molar refractivity (Wildman–Crippen MR) is 133 cm³/mol. The molecule has 34 heavy (non-hydrogen) atoms. The first-order chi connectivity index (χ1) is 16.3. The third-order valence-corrected chi connectivity index (χ3v) is 5.50. The van der Waals surface area contributed by atoms with Crippen molar-refractivity contribution in [1.29, 1.82) is 0 Å². The van der Waals surface area contributed by atoms with Gasteiger partial charge in [0.15, 0.2) is 0 Å². The zero-order valence-electron chi connectivity index (χ0n) is 19.8. The number of rotatable bonds is 8. The fourth-order valence-electron chi connectivity index (χ4n) is 3.62. The first-order valence-electron chi connectivity index (χ1n) is 11.1. The molecule has 1 aromatic heterocycles. The summed E-state index contributed by atoms with van der Waals surface area (Å²) in [5.41, 5.74) is 3.80. The monoisotopic (exact) mass is 460 g/mol. The number of halogens is 1. The van der Waals surface area contributed by atoms with Gasteiger partial charge < -0.3 is 10.6 Å². The summed E-state index contributed by atoms with van der Waals surface area (Å²) in [5, 5.41) is 10.2. The van der Waals surface area contributed by atoms with Crippen LogP contribution in [0.5, 0.6) is 0 Å². The summed E-state index contributed by atoms with van der Waals surface area (Å²) in [7, 11) is 1.91. The molecule has 1 amide bonds. The molecule has 1 atom stereocenters. The van der Waals surface area contributed by atoms with Gasteiger partial charge in [-0.15, -0.1) is 0 Å². The van der Waals surface area contributed by atoms with Crippen LogP contribution in [0, 0.1) is 5.82 Å². The first-order valence-corrected chi connectivity index (χ1v) is 11.1. The van der Waals surface area contributed by atoms with E-state index in [4.69, 9.17) is 0 Å². The maximum atomic E-state index is 14.2. The lowest BCUT2D eigenvalue weighted by Crippen LogP contribution is -2.31. The number of allylic oxidation sites excluding steroid dienone is 2. The average Bonchev–Trinajstić information content (AvgIpc) is 2.84. The quantitative estimate of drug-likeness (QED) is 0.488. The SMILES string of the molecule is C/C=C\C(CNC)=C(/C)c1cccc([C@@H](C)NC(=O)c2ccc(=O)n(-c3ccccc3F)n2)c1. The van der Waals surface area contributed by atoms with E-state index in [0.717, 1.165) is 27.9 Å². The molecular formula is C27H29FN4O2. The first kappa shape index (κ1) is 24.8. The molecule has 1 heterocycles. The number of amides is 1. The van der Waals surface area contributed by atoms with Crippen molar-refractivity contribution in [3.8, 4) is 5.69 Å². The van der Waals surface area contributed by atoms with Crippen LogP contribution < -0.4 is 16.2 Å². The Morgan fingerprint density at radius 1 is 1.15 bits per heavy atom. The molecule has 3 aromatic rings. The summed E-state index contributed by atoms with van der Waals surface area (Å²) in [5.74, 6) is -1.06.